The van der Waals surface area contributed by atoms with Crippen molar-refractivity contribution in [1.82, 2.24) is 0 Å². The zero-order chi connectivity index (χ0) is 19.8. The monoisotopic (exact) mass is 400 g/mol. The van der Waals surface area contributed by atoms with Gasteiger partial charge in [0.15, 0.2) is 0 Å². The van der Waals surface area contributed by atoms with Crippen LogP contribution in [0.15, 0.2) is 70.5 Å². The third-order valence-corrected chi connectivity index (χ3v) is 8.50. The Hall–Kier alpha value is -2.80. The van der Waals surface area contributed by atoms with Crippen molar-refractivity contribution in [1.29, 1.82) is 0 Å². The van der Waals surface area contributed by atoms with Gasteiger partial charge in [-0.05, 0) is 48.4 Å². The fraction of sp³-hybridized carbons (Fsp3) is 0.105. The van der Waals surface area contributed by atoms with Crippen molar-refractivity contribution in [3.8, 4) is 0 Å². The second kappa shape index (κ2) is 6.74. The van der Waals surface area contributed by atoms with E-state index in [-0.39, 0.29) is 9.79 Å². The third kappa shape index (κ3) is 3.30. The molecule has 0 unspecified atom stereocenters. The molecule has 8 heteroatoms. The molecule has 3 aromatic carbocycles. The van der Waals surface area contributed by atoms with Gasteiger partial charge in [-0.3, -0.25) is 0 Å². The number of sulfone groups is 2. The zero-order valence-corrected chi connectivity index (χ0v) is 16.3. The topological polar surface area (TPSA) is 105 Å². The average Bonchev–Trinajstić information content (AvgIpc) is 2.61. The summed E-state index contributed by atoms with van der Waals surface area (Å²) >= 11 is 0. The van der Waals surface area contributed by atoms with Crippen LogP contribution in [0.3, 0.4) is 0 Å². The molecule has 0 atom stereocenters. The molecule has 138 valence electrons. The van der Waals surface area contributed by atoms with Gasteiger partial charge >= 0.3 is 4.38 Å². The van der Waals surface area contributed by atoms with E-state index < -0.39 is 24.1 Å². The van der Waals surface area contributed by atoms with Crippen LogP contribution in [0, 0.1) is 13.8 Å². The smallest absolute Gasteiger partial charge is 0.359 e. The zero-order valence-electron chi connectivity index (χ0n) is 14.6. The molecule has 0 aliphatic carbocycles. The van der Waals surface area contributed by atoms with E-state index in [0.29, 0.717) is 10.9 Å². The molecule has 3 rings (SSSR count). The molecule has 0 bridgehead atoms. The van der Waals surface area contributed by atoms with Gasteiger partial charge in [-0.2, -0.15) is 0 Å². The van der Waals surface area contributed by atoms with Gasteiger partial charge in [0.2, 0.25) is 0 Å². The van der Waals surface area contributed by atoms with Crippen LogP contribution >= 0.6 is 0 Å². The highest BCUT2D eigenvalue weighted by molar-refractivity contribution is 8.31. The van der Waals surface area contributed by atoms with Crippen LogP contribution in [0.4, 0.5) is 0 Å². The maximum absolute atomic E-state index is 12.9. The number of fused-ring (bicyclic) bond motifs is 1. The molecule has 0 spiro atoms. The fourth-order valence-corrected chi connectivity index (χ4v) is 6.46. The summed E-state index contributed by atoms with van der Waals surface area (Å²) in [5, 5.41) is 1.43. The van der Waals surface area contributed by atoms with Gasteiger partial charge < -0.3 is 5.53 Å². The lowest BCUT2D eigenvalue weighted by atomic mass is 10.1. The first-order chi connectivity index (χ1) is 12.7. The Morgan fingerprint density at radius 2 is 1.48 bits per heavy atom. The van der Waals surface area contributed by atoms with E-state index in [1.165, 1.54) is 18.2 Å². The lowest BCUT2D eigenvalue weighted by molar-refractivity contribution is 0.00380. The van der Waals surface area contributed by atoms with Crippen molar-refractivity contribution in [3.05, 3.63) is 77.3 Å². The predicted molar refractivity (Wildman–Crippen MR) is 103 cm³/mol. The van der Waals surface area contributed by atoms with Gasteiger partial charge in [0.25, 0.3) is 19.7 Å². The van der Waals surface area contributed by atoms with E-state index in [2.05, 4.69) is 4.79 Å². The predicted octanol–water partition coefficient (Wildman–Crippen LogP) is 3.29. The van der Waals surface area contributed by atoms with E-state index in [0.717, 1.165) is 10.9 Å². The summed E-state index contributed by atoms with van der Waals surface area (Å²) in [4.78, 5) is 2.19. The molecule has 6 nitrogen and oxygen atoms in total. The Morgan fingerprint density at radius 3 is 2.11 bits per heavy atom. The summed E-state index contributed by atoms with van der Waals surface area (Å²) in [6, 6.07) is 15.8. The number of rotatable bonds is 2. The molecule has 0 fully saturated rings. The van der Waals surface area contributed by atoms with Gasteiger partial charge in [-0.1, -0.05) is 48.0 Å². The summed E-state index contributed by atoms with van der Waals surface area (Å²) in [7, 11) is -9.11. The number of aryl methyl sites for hydroxylation is 2. The van der Waals surface area contributed by atoms with E-state index in [9.17, 15) is 22.4 Å². The largest absolute Gasteiger partial charge is 0.504 e. The summed E-state index contributed by atoms with van der Waals surface area (Å²) in [5.74, 6) is 0. The number of hydrogen-bond acceptors (Lipinski definition) is 4. The van der Waals surface area contributed by atoms with Crippen LogP contribution in [-0.2, 0) is 19.7 Å². The van der Waals surface area contributed by atoms with Crippen molar-refractivity contribution in [2.45, 2.75) is 23.6 Å². The van der Waals surface area contributed by atoms with Crippen LogP contribution in [-0.4, -0.2) is 26.0 Å². The van der Waals surface area contributed by atoms with Gasteiger partial charge in [0.05, 0.1) is 9.79 Å². The first-order valence-corrected chi connectivity index (χ1v) is 10.9. The van der Waals surface area contributed by atoms with Gasteiger partial charge in [-0.25, -0.2) is 16.8 Å². The Balaban J connectivity index is 2.19. The van der Waals surface area contributed by atoms with Crippen LogP contribution in [0.2, 0.25) is 0 Å². The Labute approximate surface area is 157 Å². The van der Waals surface area contributed by atoms with Gasteiger partial charge in [0.1, 0.15) is 0 Å². The van der Waals surface area contributed by atoms with E-state index >= 15 is 0 Å². The van der Waals surface area contributed by atoms with Gasteiger partial charge in [0, 0.05) is 0 Å². The van der Waals surface area contributed by atoms with Crippen LogP contribution in [0.25, 0.3) is 16.3 Å². The van der Waals surface area contributed by atoms with Crippen LogP contribution in [0.5, 0.6) is 0 Å². The van der Waals surface area contributed by atoms with Gasteiger partial charge in [-0.15, -0.1) is 4.79 Å². The minimum atomic E-state index is -4.56. The molecule has 0 saturated carbocycles. The Kier molecular flexibility index (Phi) is 4.73. The first kappa shape index (κ1) is 19.0. The highest BCUT2D eigenvalue weighted by Crippen LogP contribution is 2.25. The highest BCUT2D eigenvalue weighted by Gasteiger charge is 2.44. The molecule has 0 radical (unpaired) electrons. The highest BCUT2D eigenvalue weighted by atomic mass is 32.3. The van der Waals surface area contributed by atoms with Crippen LogP contribution < -0.4 is 0 Å². The summed E-state index contributed by atoms with van der Waals surface area (Å²) < 4.78 is 50.4. The third-order valence-electron chi connectivity index (χ3n) is 4.19. The lowest BCUT2D eigenvalue weighted by Gasteiger charge is -2.07. The molecule has 0 amide bonds. The minimum absolute atomic E-state index is 0.217. The lowest BCUT2D eigenvalue weighted by Crippen LogP contribution is -2.26. The minimum Gasteiger partial charge on any atom is -0.359 e. The van der Waals surface area contributed by atoms with Crippen molar-refractivity contribution < 1.29 is 21.6 Å². The molecular formula is C19H16N2O4S2. The summed E-state index contributed by atoms with van der Waals surface area (Å²) in [6.45, 7) is 3.34. The van der Waals surface area contributed by atoms with E-state index in [1.54, 1.807) is 50.2 Å². The molecule has 0 aliphatic rings. The number of hydrogen-bond donors (Lipinski definition) is 0. The van der Waals surface area contributed by atoms with Crippen molar-refractivity contribution in [3.63, 3.8) is 0 Å². The SMILES string of the molecule is Cc1ccc(S(=O)(=O)C(=[N+]=[N-])S(=O)(=O)c2ccc3ccccc3c2)c(C)c1. The molecule has 0 heterocycles. The molecule has 3 aromatic rings. The van der Waals surface area contributed by atoms with E-state index in [4.69, 9.17) is 0 Å². The number of benzene rings is 3. The quantitative estimate of drug-likeness (QED) is 0.285. The normalized spacial score (nSPS) is 11.9. The maximum Gasteiger partial charge on any atom is 0.504 e. The first-order valence-electron chi connectivity index (χ1n) is 7.96. The second-order valence-electron chi connectivity index (χ2n) is 6.15. The van der Waals surface area contributed by atoms with Crippen molar-refractivity contribution >= 4 is 34.8 Å². The number of nitrogens with zero attached hydrogens (tertiary/aromatic N) is 2. The molecular weight excluding hydrogens is 384 g/mol. The second-order valence-corrected chi connectivity index (χ2v) is 10.1. The Morgan fingerprint density at radius 1 is 0.815 bits per heavy atom. The fourth-order valence-electron chi connectivity index (χ4n) is 2.88. The Bertz CT molecular complexity index is 1320. The van der Waals surface area contributed by atoms with E-state index in [1.807, 2.05) is 6.07 Å². The molecule has 27 heavy (non-hydrogen) atoms. The summed E-state index contributed by atoms with van der Waals surface area (Å²) in [5.41, 5.74) is 10.5. The maximum atomic E-state index is 12.9. The molecule has 0 aliphatic heterocycles. The summed E-state index contributed by atoms with van der Waals surface area (Å²) in [6.07, 6.45) is 0. The molecule has 0 N–H and O–H groups in total. The molecule has 0 saturated heterocycles. The van der Waals surface area contributed by atoms with Crippen molar-refractivity contribution in [2.75, 3.05) is 0 Å². The standard InChI is InChI=1S/C19H16N2O4S2/c1-13-7-10-18(14(2)11-13)27(24,25)19(21-20)26(22,23)17-9-8-15-5-3-4-6-16(15)12-17/h3-12H,1-2H3. The van der Waals surface area contributed by atoms with Crippen LogP contribution in [0.1, 0.15) is 11.1 Å². The van der Waals surface area contributed by atoms with Crippen molar-refractivity contribution in [2.24, 2.45) is 0 Å². The average molecular weight is 400 g/mol. The molecule has 0 aromatic heterocycles.